The first-order valence-electron chi connectivity index (χ1n) is 4.63. The molecule has 0 atom stereocenters. The molecule has 17 heavy (non-hydrogen) atoms. The number of nitrogens with zero attached hydrogens (tertiary/aromatic N) is 2. The lowest BCUT2D eigenvalue weighted by molar-refractivity contribution is 0.0808. The van der Waals surface area contributed by atoms with Crippen molar-refractivity contribution in [3.05, 3.63) is 34.1 Å². The SMILES string of the molecule is CN(C/C(N)=N/O)C(=O)c1c(F)cccc1Br. The zero-order valence-electron chi connectivity index (χ0n) is 9.02. The van der Waals surface area contributed by atoms with Gasteiger partial charge in [-0.25, -0.2) is 4.39 Å². The number of amidine groups is 1. The molecule has 0 spiro atoms. The fourth-order valence-corrected chi connectivity index (χ4v) is 1.75. The fourth-order valence-electron chi connectivity index (χ4n) is 1.24. The van der Waals surface area contributed by atoms with E-state index in [-0.39, 0.29) is 17.9 Å². The van der Waals surface area contributed by atoms with Gasteiger partial charge in [-0.1, -0.05) is 11.2 Å². The summed E-state index contributed by atoms with van der Waals surface area (Å²) in [7, 11) is 1.43. The van der Waals surface area contributed by atoms with Crippen molar-refractivity contribution in [2.75, 3.05) is 13.6 Å². The van der Waals surface area contributed by atoms with Crippen LogP contribution in [-0.4, -0.2) is 35.4 Å². The highest BCUT2D eigenvalue weighted by molar-refractivity contribution is 9.10. The molecule has 0 aromatic heterocycles. The highest BCUT2D eigenvalue weighted by Gasteiger charge is 2.19. The average molecular weight is 304 g/mol. The minimum Gasteiger partial charge on any atom is -0.409 e. The van der Waals surface area contributed by atoms with Crippen molar-refractivity contribution < 1.29 is 14.4 Å². The summed E-state index contributed by atoms with van der Waals surface area (Å²) in [5, 5.41) is 11.1. The molecule has 0 unspecified atom stereocenters. The zero-order valence-corrected chi connectivity index (χ0v) is 10.6. The summed E-state index contributed by atoms with van der Waals surface area (Å²) in [6.07, 6.45) is 0. The largest absolute Gasteiger partial charge is 0.409 e. The summed E-state index contributed by atoms with van der Waals surface area (Å²) < 4.78 is 13.8. The van der Waals surface area contributed by atoms with Crippen molar-refractivity contribution in [3.8, 4) is 0 Å². The van der Waals surface area contributed by atoms with Crippen LogP contribution in [0.1, 0.15) is 10.4 Å². The molecule has 0 heterocycles. The third-order valence-electron chi connectivity index (χ3n) is 2.05. The number of halogens is 2. The normalized spacial score (nSPS) is 11.4. The van der Waals surface area contributed by atoms with Gasteiger partial charge in [-0.3, -0.25) is 4.79 Å². The van der Waals surface area contributed by atoms with E-state index in [1.165, 1.54) is 19.2 Å². The number of rotatable bonds is 3. The van der Waals surface area contributed by atoms with Crippen LogP contribution in [0.2, 0.25) is 0 Å². The molecular formula is C10H11BrFN3O2. The van der Waals surface area contributed by atoms with E-state index in [1.807, 2.05) is 0 Å². The van der Waals surface area contributed by atoms with Gasteiger partial charge in [-0.2, -0.15) is 0 Å². The first-order valence-corrected chi connectivity index (χ1v) is 5.42. The number of nitrogens with two attached hydrogens (primary N) is 1. The standard InChI is InChI=1S/C10H11BrFN3O2/c1-15(5-8(13)14-17)10(16)9-6(11)3-2-4-7(9)12/h2-4,17H,5H2,1H3,(H2,13,14). The molecule has 92 valence electrons. The third kappa shape index (κ3) is 3.16. The van der Waals surface area contributed by atoms with E-state index in [9.17, 15) is 9.18 Å². The van der Waals surface area contributed by atoms with Crippen molar-refractivity contribution in [2.45, 2.75) is 0 Å². The summed E-state index contributed by atoms with van der Waals surface area (Å²) in [6, 6.07) is 4.24. The van der Waals surface area contributed by atoms with Crippen LogP contribution in [0.25, 0.3) is 0 Å². The van der Waals surface area contributed by atoms with Crippen LogP contribution in [0, 0.1) is 5.82 Å². The third-order valence-corrected chi connectivity index (χ3v) is 2.71. The Morgan fingerprint density at radius 1 is 1.65 bits per heavy atom. The molecule has 3 N–H and O–H groups in total. The second-order valence-electron chi connectivity index (χ2n) is 3.35. The molecule has 7 heteroatoms. The molecule has 5 nitrogen and oxygen atoms in total. The summed E-state index contributed by atoms with van der Waals surface area (Å²) in [5.41, 5.74) is 5.18. The van der Waals surface area contributed by atoms with Crippen molar-refractivity contribution in [1.29, 1.82) is 0 Å². The van der Waals surface area contributed by atoms with Gasteiger partial charge in [0.15, 0.2) is 5.84 Å². The topological polar surface area (TPSA) is 78.9 Å². The lowest BCUT2D eigenvalue weighted by Gasteiger charge is -2.17. The predicted molar refractivity (Wildman–Crippen MR) is 64.5 cm³/mol. The van der Waals surface area contributed by atoms with Gasteiger partial charge in [0.2, 0.25) is 0 Å². The number of benzene rings is 1. The molecule has 0 radical (unpaired) electrons. The lowest BCUT2D eigenvalue weighted by atomic mass is 10.2. The van der Waals surface area contributed by atoms with Crippen LogP contribution >= 0.6 is 15.9 Å². The fraction of sp³-hybridized carbons (Fsp3) is 0.200. The van der Waals surface area contributed by atoms with Gasteiger partial charge < -0.3 is 15.8 Å². The van der Waals surface area contributed by atoms with E-state index >= 15 is 0 Å². The van der Waals surface area contributed by atoms with E-state index in [2.05, 4.69) is 21.1 Å². The van der Waals surface area contributed by atoms with Gasteiger partial charge in [-0.15, -0.1) is 0 Å². The van der Waals surface area contributed by atoms with Crippen LogP contribution in [0.15, 0.2) is 27.8 Å². The molecule has 0 aliphatic rings. The van der Waals surface area contributed by atoms with Gasteiger partial charge in [0.1, 0.15) is 5.82 Å². The lowest BCUT2D eigenvalue weighted by Crippen LogP contribution is -2.36. The van der Waals surface area contributed by atoms with Crippen LogP contribution in [0.3, 0.4) is 0 Å². The van der Waals surface area contributed by atoms with E-state index in [0.717, 1.165) is 4.90 Å². The van der Waals surface area contributed by atoms with Gasteiger partial charge in [0.05, 0.1) is 12.1 Å². The van der Waals surface area contributed by atoms with E-state index < -0.39 is 11.7 Å². The number of carbonyl (C=O) groups is 1. The predicted octanol–water partition coefficient (Wildman–Crippen LogP) is 1.41. The monoisotopic (exact) mass is 303 g/mol. The summed E-state index contributed by atoms with van der Waals surface area (Å²) >= 11 is 3.10. The minimum atomic E-state index is -0.629. The molecule has 0 bridgehead atoms. The first-order chi connectivity index (χ1) is 7.97. The number of hydrogen-bond donors (Lipinski definition) is 2. The molecule has 0 aliphatic carbocycles. The Balaban J connectivity index is 2.97. The Labute approximate surface area is 106 Å². The van der Waals surface area contributed by atoms with Gasteiger partial charge >= 0.3 is 0 Å². The molecular weight excluding hydrogens is 293 g/mol. The number of amides is 1. The second-order valence-corrected chi connectivity index (χ2v) is 4.20. The number of likely N-dealkylation sites (N-methyl/N-ethyl adjacent to an activating group) is 1. The van der Waals surface area contributed by atoms with Gasteiger partial charge in [-0.05, 0) is 28.1 Å². The number of oxime groups is 1. The summed E-state index contributed by atoms with van der Waals surface area (Å²) in [4.78, 5) is 13.1. The molecule has 1 rings (SSSR count). The Bertz CT molecular complexity index is 445. The highest BCUT2D eigenvalue weighted by Crippen LogP contribution is 2.20. The minimum absolute atomic E-state index is 0.0826. The Morgan fingerprint density at radius 3 is 2.82 bits per heavy atom. The molecule has 0 aliphatic heterocycles. The quantitative estimate of drug-likeness (QED) is 0.383. The van der Waals surface area contributed by atoms with Crippen LogP contribution in [-0.2, 0) is 0 Å². The van der Waals surface area contributed by atoms with Gasteiger partial charge in [0, 0.05) is 11.5 Å². The Hall–Kier alpha value is -1.63. The van der Waals surface area contributed by atoms with E-state index in [0.29, 0.717) is 4.47 Å². The average Bonchev–Trinajstić information content (AvgIpc) is 2.28. The van der Waals surface area contributed by atoms with Crippen molar-refractivity contribution >= 4 is 27.7 Å². The smallest absolute Gasteiger partial charge is 0.258 e. The second kappa shape index (κ2) is 5.62. The van der Waals surface area contributed by atoms with Crippen LogP contribution in [0.5, 0.6) is 0 Å². The summed E-state index contributed by atoms with van der Waals surface area (Å²) in [5.74, 6) is -1.31. The summed E-state index contributed by atoms with van der Waals surface area (Å²) in [6.45, 7) is -0.0872. The maximum Gasteiger partial charge on any atom is 0.258 e. The Morgan fingerprint density at radius 2 is 2.29 bits per heavy atom. The molecule has 0 saturated carbocycles. The highest BCUT2D eigenvalue weighted by atomic mass is 79.9. The van der Waals surface area contributed by atoms with E-state index in [1.54, 1.807) is 6.07 Å². The van der Waals surface area contributed by atoms with Crippen molar-refractivity contribution in [3.63, 3.8) is 0 Å². The number of hydrogen-bond acceptors (Lipinski definition) is 3. The van der Waals surface area contributed by atoms with E-state index in [4.69, 9.17) is 10.9 Å². The molecule has 1 amide bonds. The molecule has 0 saturated heterocycles. The zero-order chi connectivity index (χ0) is 13.0. The Kier molecular flexibility index (Phi) is 4.45. The maximum atomic E-state index is 13.5. The first kappa shape index (κ1) is 13.4. The maximum absolute atomic E-state index is 13.5. The van der Waals surface area contributed by atoms with Crippen LogP contribution < -0.4 is 5.73 Å². The van der Waals surface area contributed by atoms with Gasteiger partial charge in [0.25, 0.3) is 5.91 Å². The van der Waals surface area contributed by atoms with Crippen molar-refractivity contribution in [2.24, 2.45) is 10.9 Å². The molecule has 1 aromatic carbocycles. The van der Waals surface area contributed by atoms with Crippen molar-refractivity contribution in [1.82, 2.24) is 4.90 Å². The van der Waals surface area contributed by atoms with Crippen LogP contribution in [0.4, 0.5) is 4.39 Å². The number of carbonyl (C=O) groups excluding carboxylic acids is 1. The molecule has 0 fully saturated rings. The molecule has 1 aromatic rings.